The number of nitrogens with zero attached hydrogens (tertiary/aromatic N) is 1. The van der Waals surface area contributed by atoms with Gasteiger partial charge in [0.05, 0.1) is 11.6 Å². The molecule has 0 radical (unpaired) electrons. The zero-order chi connectivity index (χ0) is 14.1. The van der Waals surface area contributed by atoms with E-state index in [1.54, 1.807) is 6.92 Å². The van der Waals surface area contributed by atoms with E-state index >= 15 is 0 Å². The third-order valence-electron chi connectivity index (χ3n) is 4.00. The minimum absolute atomic E-state index is 0.107. The molecule has 0 saturated heterocycles. The van der Waals surface area contributed by atoms with Gasteiger partial charge in [0.1, 0.15) is 0 Å². The summed E-state index contributed by atoms with van der Waals surface area (Å²) in [7, 11) is 0. The Hall–Kier alpha value is -2.40. The number of hydrogen-bond donors (Lipinski definition) is 0. The first kappa shape index (κ1) is 12.6. The molecule has 1 fully saturated rings. The molecule has 1 aliphatic rings. The van der Waals surface area contributed by atoms with Crippen LogP contribution in [-0.4, -0.2) is 5.78 Å². The summed E-state index contributed by atoms with van der Waals surface area (Å²) in [5.74, 6) is 1.20. The first-order chi connectivity index (χ1) is 9.69. The minimum Gasteiger partial charge on any atom is -0.295 e. The molecule has 3 rings (SSSR count). The molecule has 2 aromatic carbocycles. The van der Waals surface area contributed by atoms with Gasteiger partial charge in [-0.3, -0.25) is 4.79 Å². The Labute approximate surface area is 118 Å². The predicted molar refractivity (Wildman–Crippen MR) is 77.7 cm³/mol. The standard InChI is InChI=1S/C18H15NO/c1-12(20)14-6-8-16(9-7-14)18-10-17(18)15-4-2-13(11-19)3-5-15/h2-9,17-18H,10H2,1H3/t17-,18-/m0/s1. The maximum Gasteiger partial charge on any atom is 0.159 e. The van der Waals surface area contributed by atoms with Crippen molar-refractivity contribution in [2.45, 2.75) is 25.2 Å². The van der Waals surface area contributed by atoms with Crippen molar-refractivity contribution in [2.24, 2.45) is 0 Å². The number of rotatable bonds is 3. The highest BCUT2D eigenvalue weighted by atomic mass is 16.1. The van der Waals surface area contributed by atoms with Crippen molar-refractivity contribution in [1.29, 1.82) is 5.26 Å². The van der Waals surface area contributed by atoms with Gasteiger partial charge in [0.25, 0.3) is 0 Å². The van der Waals surface area contributed by atoms with Crippen molar-refractivity contribution in [3.05, 3.63) is 70.8 Å². The van der Waals surface area contributed by atoms with Crippen LogP contribution in [0, 0.1) is 11.3 Å². The van der Waals surface area contributed by atoms with E-state index in [1.165, 1.54) is 11.1 Å². The highest BCUT2D eigenvalue weighted by Crippen LogP contribution is 2.54. The van der Waals surface area contributed by atoms with E-state index in [9.17, 15) is 4.79 Å². The molecule has 0 aromatic heterocycles. The molecule has 0 unspecified atom stereocenters. The lowest BCUT2D eigenvalue weighted by molar-refractivity contribution is 0.101. The Kier molecular flexibility index (Phi) is 3.12. The number of ketones is 1. The highest BCUT2D eigenvalue weighted by Gasteiger charge is 2.39. The van der Waals surface area contributed by atoms with Crippen molar-refractivity contribution in [1.82, 2.24) is 0 Å². The van der Waals surface area contributed by atoms with Crippen molar-refractivity contribution < 1.29 is 4.79 Å². The monoisotopic (exact) mass is 261 g/mol. The lowest BCUT2D eigenvalue weighted by Crippen LogP contribution is -1.92. The van der Waals surface area contributed by atoms with E-state index in [2.05, 4.69) is 18.2 Å². The Morgan fingerprint density at radius 2 is 1.50 bits per heavy atom. The maximum atomic E-state index is 11.3. The Morgan fingerprint density at radius 1 is 1.00 bits per heavy atom. The van der Waals surface area contributed by atoms with E-state index in [0.29, 0.717) is 17.4 Å². The number of hydrogen-bond acceptors (Lipinski definition) is 2. The van der Waals surface area contributed by atoms with Gasteiger partial charge in [0.15, 0.2) is 5.78 Å². The van der Waals surface area contributed by atoms with Crippen LogP contribution in [0.1, 0.15) is 52.2 Å². The smallest absolute Gasteiger partial charge is 0.159 e. The van der Waals surface area contributed by atoms with Crippen molar-refractivity contribution >= 4 is 5.78 Å². The second-order valence-electron chi connectivity index (χ2n) is 5.36. The zero-order valence-corrected chi connectivity index (χ0v) is 11.3. The third kappa shape index (κ3) is 2.35. The molecular weight excluding hydrogens is 246 g/mol. The fraction of sp³-hybridized carbons (Fsp3) is 0.222. The molecule has 0 spiro atoms. The molecule has 98 valence electrons. The summed E-state index contributed by atoms with van der Waals surface area (Å²) >= 11 is 0. The number of nitriles is 1. The number of carbonyl (C=O) groups excluding carboxylic acids is 1. The first-order valence-electron chi connectivity index (χ1n) is 6.80. The summed E-state index contributed by atoms with van der Waals surface area (Å²) in [5.41, 5.74) is 4.06. The van der Waals surface area contributed by atoms with Crippen LogP contribution >= 0.6 is 0 Å². The summed E-state index contributed by atoms with van der Waals surface area (Å²) < 4.78 is 0. The van der Waals surface area contributed by atoms with Crippen LogP contribution in [-0.2, 0) is 0 Å². The van der Waals surface area contributed by atoms with Gasteiger partial charge in [-0.2, -0.15) is 5.26 Å². The van der Waals surface area contributed by atoms with Crippen LogP contribution in [0.4, 0.5) is 0 Å². The molecule has 20 heavy (non-hydrogen) atoms. The van der Waals surface area contributed by atoms with Crippen LogP contribution in [0.3, 0.4) is 0 Å². The summed E-state index contributed by atoms with van der Waals surface area (Å²) in [6, 6.07) is 17.9. The molecule has 0 bridgehead atoms. The molecule has 2 aromatic rings. The van der Waals surface area contributed by atoms with E-state index in [0.717, 1.165) is 12.0 Å². The van der Waals surface area contributed by atoms with Gasteiger partial charge in [0.2, 0.25) is 0 Å². The Balaban J connectivity index is 1.75. The highest BCUT2D eigenvalue weighted by molar-refractivity contribution is 5.94. The average Bonchev–Trinajstić information content (AvgIpc) is 3.28. The van der Waals surface area contributed by atoms with Crippen LogP contribution in [0.5, 0.6) is 0 Å². The largest absolute Gasteiger partial charge is 0.295 e. The summed E-state index contributed by atoms with van der Waals surface area (Å²) in [6.45, 7) is 1.59. The normalized spacial score (nSPS) is 20.2. The summed E-state index contributed by atoms with van der Waals surface area (Å²) in [5, 5.41) is 8.81. The van der Waals surface area contributed by atoms with Crippen LogP contribution in [0.2, 0.25) is 0 Å². The fourth-order valence-electron chi connectivity index (χ4n) is 2.70. The first-order valence-corrected chi connectivity index (χ1v) is 6.80. The van der Waals surface area contributed by atoms with Gasteiger partial charge in [-0.1, -0.05) is 36.4 Å². The predicted octanol–water partition coefficient (Wildman–Crippen LogP) is 4.03. The topological polar surface area (TPSA) is 40.9 Å². The van der Waals surface area contributed by atoms with Gasteiger partial charge < -0.3 is 0 Å². The molecule has 0 heterocycles. The van der Waals surface area contributed by atoms with Crippen molar-refractivity contribution in [3.8, 4) is 6.07 Å². The number of Topliss-reactive ketones (excluding diaryl/α,β-unsaturated/α-hetero) is 1. The van der Waals surface area contributed by atoms with Crippen LogP contribution < -0.4 is 0 Å². The van der Waals surface area contributed by atoms with Gasteiger partial charge in [0, 0.05) is 5.56 Å². The molecule has 0 amide bonds. The molecule has 2 heteroatoms. The number of benzene rings is 2. The van der Waals surface area contributed by atoms with Crippen molar-refractivity contribution in [3.63, 3.8) is 0 Å². The lowest BCUT2D eigenvalue weighted by atomic mass is 10.0. The molecule has 2 nitrogen and oxygen atoms in total. The van der Waals surface area contributed by atoms with Crippen LogP contribution in [0.15, 0.2) is 48.5 Å². The quantitative estimate of drug-likeness (QED) is 0.782. The van der Waals surface area contributed by atoms with E-state index in [4.69, 9.17) is 5.26 Å². The minimum atomic E-state index is 0.107. The molecule has 2 atom stereocenters. The van der Waals surface area contributed by atoms with Gasteiger partial charge in [-0.05, 0) is 48.4 Å². The summed E-state index contributed by atoms with van der Waals surface area (Å²) in [6.07, 6.45) is 1.14. The van der Waals surface area contributed by atoms with Gasteiger partial charge in [-0.25, -0.2) is 0 Å². The zero-order valence-electron chi connectivity index (χ0n) is 11.3. The Bertz CT molecular complexity index is 677. The molecule has 0 aliphatic heterocycles. The molecule has 0 N–H and O–H groups in total. The van der Waals surface area contributed by atoms with Crippen LogP contribution in [0.25, 0.3) is 0 Å². The molecule has 1 aliphatic carbocycles. The summed E-state index contributed by atoms with van der Waals surface area (Å²) in [4.78, 5) is 11.3. The van der Waals surface area contributed by atoms with Gasteiger partial charge >= 0.3 is 0 Å². The Morgan fingerprint density at radius 3 is 1.95 bits per heavy atom. The van der Waals surface area contributed by atoms with Gasteiger partial charge in [-0.15, -0.1) is 0 Å². The average molecular weight is 261 g/mol. The second-order valence-corrected chi connectivity index (χ2v) is 5.36. The SMILES string of the molecule is CC(=O)c1ccc([C@@H]2C[C@H]2c2ccc(C#N)cc2)cc1. The fourth-order valence-corrected chi connectivity index (χ4v) is 2.70. The second kappa shape index (κ2) is 4.94. The lowest BCUT2D eigenvalue weighted by Gasteiger charge is -2.03. The van der Waals surface area contributed by atoms with E-state index in [-0.39, 0.29) is 5.78 Å². The molecule has 1 saturated carbocycles. The molecular formula is C18H15NO. The third-order valence-corrected chi connectivity index (χ3v) is 4.00. The van der Waals surface area contributed by atoms with E-state index < -0.39 is 0 Å². The van der Waals surface area contributed by atoms with Crippen molar-refractivity contribution in [2.75, 3.05) is 0 Å². The number of carbonyl (C=O) groups is 1. The maximum absolute atomic E-state index is 11.3. The van der Waals surface area contributed by atoms with E-state index in [1.807, 2.05) is 36.4 Å².